The molecule has 4 nitrogen and oxygen atoms in total. The third kappa shape index (κ3) is 4.33. The van der Waals surface area contributed by atoms with Gasteiger partial charge in [0.05, 0.1) is 11.6 Å². The van der Waals surface area contributed by atoms with Crippen LogP contribution in [0.5, 0.6) is 11.5 Å². The molecule has 5 heteroatoms. The van der Waals surface area contributed by atoms with E-state index in [1.165, 1.54) is 0 Å². The minimum absolute atomic E-state index is 0.457. The Morgan fingerprint density at radius 3 is 2.24 bits per heavy atom. The fourth-order valence-electron chi connectivity index (χ4n) is 1.56. The van der Waals surface area contributed by atoms with Crippen LogP contribution < -0.4 is 9.47 Å². The van der Waals surface area contributed by atoms with E-state index in [-0.39, 0.29) is 0 Å². The maximum atomic E-state index is 11.9. The molecule has 106 valence electrons. The van der Waals surface area contributed by atoms with Gasteiger partial charge >= 0.3 is 5.97 Å². The molecule has 0 spiro atoms. The number of ether oxygens (including phenoxy) is 2. The van der Waals surface area contributed by atoms with Gasteiger partial charge in [0.25, 0.3) is 0 Å². The molecule has 0 fully saturated rings. The molecule has 0 aliphatic carbocycles. The summed E-state index contributed by atoms with van der Waals surface area (Å²) in [5.74, 6) is 0.481. The first-order valence-electron chi connectivity index (χ1n) is 6.22. The molecule has 0 aliphatic heterocycles. The summed E-state index contributed by atoms with van der Waals surface area (Å²) in [6, 6.07) is 15.5. The van der Waals surface area contributed by atoms with Gasteiger partial charge in [-0.25, -0.2) is 4.79 Å². The molecule has 0 bridgehead atoms. The number of benzene rings is 2. The highest BCUT2D eigenvalue weighted by Crippen LogP contribution is 2.18. The lowest BCUT2D eigenvalue weighted by Crippen LogP contribution is -2.28. The van der Waals surface area contributed by atoms with Crippen LogP contribution in [0, 0.1) is 11.3 Å². The predicted molar refractivity (Wildman–Crippen MR) is 81.0 cm³/mol. The highest BCUT2D eigenvalue weighted by molar-refractivity contribution is 9.10. The zero-order valence-electron chi connectivity index (χ0n) is 11.2. The zero-order chi connectivity index (χ0) is 15.2. The molecule has 2 aromatic carbocycles. The van der Waals surface area contributed by atoms with Crippen molar-refractivity contribution < 1.29 is 14.3 Å². The summed E-state index contributed by atoms with van der Waals surface area (Å²) >= 11 is 3.31. The minimum atomic E-state index is -0.749. The summed E-state index contributed by atoms with van der Waals surface area (Å²) in [7, 11) is 0. The van der Waals surface area contributed by atoms with E-state index >= 15 is 0 Å². The van der Waals surface area contributed by atoms with Gasteiger partial charge in [0.15, 0.2) is 6.10 Å². The first kappa shape index (κ1) is 15.1. The highest BCUT2D eigenvalue weighted by atomic mass is 79.9. The minimum Gasteiger partial charge on any atom is -0.479 e. The van der Waals surface area contributed by atoms with Crippen molar-refractivity contribution >= 4 is 21.9 Å². The molecule has 0 saturated heterocycles. The van der Waals surface area contributed by atoms with E-state index in [1.807, 2.05) is 6.07 Å². The monoisotopic (exact) mass is 345 g/mol. The molecule has 1 atom stereocenters. The van der Waals surface area contributed by atoms with Gasteiger partial charge in [0.1, 0.15) is 11.5 Å². The van der Waals surface area contributed by atoms with E-state index in [9.17, 15) is 4.79 Å². The zero-order valence-corrected chi connectivity index (χ0v) is 12.8. The van der Waals surface area contributed by atoms with E-state index in [2.05, 4.69) is 15.9 Å². The second-order valence-corrected chi connectivity index (χ2v) is 5.19. The van der Waals surface area contributed by atoms with E-state index in [0.717, 1.165) is 4.47 Å². The predicted octanol–water partition coefficient (Wildman–Crippen LogP) is 3.69. The quantitative estimate of drug-likeness (QED) is 0.626. The fourth-order valence-corrected chi connectivity index (χ4v) is 1.83. The van der Waals surface area contributed by atoms with Crippen molar-refractivity contribution in [2.24, 2.45) is 0 Å². The summed E-state index contributed by atoms with van der Waals surface area (Å²) in [6.45, 7) is 1.61. The van der Waals surface area contributed by atoms with Gasteiger partial charge < -0.3 is 9.47 Å². The van der Waals surface area contributed by atoms with Crippen LogP contribution >= 0.6 is 15.9 Å². The lowest BCUT2D eigenvalue weighted by molar-refractivity contribution is -0.141. The number of hydrogen-bond donors (Lipinski definition) is 0. The smallest absolute Gasteiger partial charge is 0.352 e. The summed E-state index contributed by atoms with van der Waals surface area (Å²) in [4.78, 5) is 11.9. The number of rotatable bonds is 4. The van der Waals surface area contributed by atoms with Gasteiger partial charge in [0.2, 0.25) is 0 Å². The Morgan fingerprint density at radius 2 is 1.67 bits per heavy atom. The first-order chi connectivity index (χ1) is 10.1. The Bertz CT molecular complexity index is 659. The van der Waals surface area contributed by atoms with Crippen molar-refractivity contribution in [2.75, 3.05) is 0 Å². The molecule has 2 aromatic rings. The van der Waals surface area contributed by atoms with Crippen molar-refractivity contribution in [1.82, 2.24) is 0 Å². The number of nitrogens with zero attached hydrogens (tertiary/aromatic N) is 1. The Morgan fingerprint density at radius 1 is 1.10 bits per heavy atom. The van der Waals surface area contributed by atoms with Crippen molar-refractivity contribution in [3.8, 4) is 17.6 Å². The molecule has 0 amide bonds. The average molecular weight is 346 g/mol. The second-order valence-electron chi connectivity index (χ2n) is 4.27. The van der Waals surface area contributed by atoms with Crippen LogP contribution in [0.15, 0.2) is 53.0 Å². The van der Waals surface area contributed by atoms with Gasteiger partial charge in [-0.3, -0.25) is 0 Å². The summed E-state index contributed by atoms with van der Waals surface area (Å²) in [5, 5.41) is 8.71. The summed E-state index contributed by atoms with van der Waals surface area (Å²) < 4.78 is 11.6. The molecule has 21 heavy (non-hydrogen) atoms. The molecule has 0 N–H and O–H groups in total. The normalized spacial score (nSPS) is 11.3. The van der Waals surface area contributed by atoms with Crippen LogP contribution in [0.4, 0.5) is 0 Å². The Kier molecular flexibility index (Phi) is 4.96. The summed E-state index contributed by atoms with van der Waals surface area (Å²) in [5.41, 5.74) is 0.535. The first-order valence-corrected chi connectivity index (χ1v) is 7.02. The molecule has 0 aromatic heterocycles. The fraction of sp³-hybridized carbons (Fsp3) is 0.125. The molecule has 2 rings (SSSR count). The van der Waals surface area contributed by atoms with Gasteiger partial charge in [-0.2, -0.15) is 5.26 Å². The number of esters is 1. The largest absolute Gasteiger partial charge is 0.479 e. The van der Waals surface area contributed by atoms with E-state index in [1.54, 1.807) is 55.5 Å². The molecule has 0 saturated carbocycles. The molecular weight excluding hydrogens is 334 g/mol. The highest BCUT2D eigenvalue weighted by Gasteiger charge is 2.17. The van der Waals surface area contributed by atoms with Crippen molar-refractivity contribution in [2.45, 2.75) is 13.0 Å². The van der Waals surface area contributed by atoms with Crippen LogP contribution in [0.2, 0.25) is 0 Å². The third-order valence-corrected chi connectivity index (χ3v) is 3.19. The molecule has 0 aliphatic rings. The van der Waals surface area contributed by atoms with E-state index in [0.29, 0.717) is 17.1 Å². The maximum absolute atomic E-state index is 11.9. The van der Waals surface area contributed by atoms with Crippen LogP contribution in [0.1, 0.15) is 12.5 Å². The number of halogens is 1. The average Bonchev–Trinajstić information content (AvgIpc) is 2.50. The van der Waals surface area contributed by atoms with Crippen LogP contribution in [-0.2, 0) is 4.79 Å². The Hall–Kier alpha value is -2.32. The van der Waals surface area contributed by atoms with Gasteiger partial charge in [-0.15, -0.1) is 0 Å². The van der Waals surface area contributed by atoms with Gasteiger partial charge in [0, 0.05) is 4.47 Å². The number of carbonyl (C=O) groups excluding carboxylic acids is 1. The standard InChI is InChI=1S/C16H12BrNO3/c1-11(20-14-6-2-12(10-18)3-7-14)16(19)21-15-8-4-13(17)5-9-15/h2-9,11H,1H3. The van der Waals surface area contributed by atoms with Crippen molar-refractivity contribution in [3.63, 3.8) is 0 Å². The number of hydrogen-bond acceptors (Lipinski definition) is 4. The SMILES string of the molecule is CC(Oc1ccc(C#N)cc1)C(=O)Oc1ccc(Br)cc1. The molecule has 0 radical (unpaired) electrons. The summed E-state index contributed by atoms with van der Waals surface area (Å²) in [6.07, 6.45) is -0.749. The van der Waals surface area contributed by atoms with Crippen LogP contribution in [-0.4, -0.2) is 12.1 Å². The van der Waals surface area contributed by atoms with Crippen LogP contribution in [0.3, 0.4) is 0 Å². The van der Waals surface area contributed by atoms with E-state index < -0.39 is 12.1 Å². The Balaban J connectivity index is 1.95. The topological polar surface area (TPSA) is 59.3 Å². The number of nitriles is 1. The Labute approximate surface area is 131 Å². The molecule has 0 heterocycles. The van der Waals surface area contributed by atoms with Gasteiger partial charge in [-0.1, -0.05) is 15.9 Å². The van der Waals surface area contributed by atoms with Crippen molar-refractivity contribution in [3.05, 3.63) is 58.6 Å². The number of carbonyl (C=O) groups is 1. The molecule has 1 unspecified atom stereocenters. The third-order valence-electron chi connectivity index (χ3n) is 2.66. The van der Waals surface area contributed by atoms with Crippen molar-refractivity contribution in [1.29, 1.82) is 5.26 Å². The lowest BCUT2D eigenvalue weighted by atomic mass is 10.2. The lowest BCUT2D eigenvalue weighted by Gasteiger charge is -2.13. The second kappa shape index (κ2) is 6.91. The van der Waals surface area contributed by atoms with Crippen LogP contribution in [0.25, 0.3) is 0 Å². The maximum Gasteiger partial charge on any atom is 0.352 e. The molecular formula is C16H12BrNO3. The van der Waals surface area contributed by atoms with Gasteiger partial charge in [-0.05, 0) is 55.5 Å². The van der Waals surface area contributed by atoms with E-state index in [4.69, 9.17) is 14.7 Å².